The summed E-state index contributed by atoms with van der Waals surface area (Å²) in [5.74, 6) is 0.504. The molecular weight excluding hydrogens is 456 g/mol. The Labute approximate surface area is 208 Å². The van der Waals surface area contributed by atoms with E-state index in [1.54, 1.807) is 0 Å². The molecule has 2 aromatic heterocycles. The lowest BCUT2D eigenvalue weighted by Gasteiger charge is -2.31. The van der Waals surface area contributed by atoms with E-state index in [1.165, 1.54) is 16.9 Å². The van der Waals surface area contributed by atoms with Crippen LogP contribution in [0.5, 0.6) is 0 Å². The SMILES string of the molecule is C[C@@H]1CNc2c(sc3ccc4nc(-c5cccc(C6CCN(CC=O)CC6)c5)ccc4c23)C(=O)N1. The van der Waals surface area contributed by atoms with Crippen LogP contribution in [0.15, 0.2) is 48.5 Å². The summed E-state index contributed by atoms with van der Waals surface area (Å²) < 4.78 is 1.09. The molecule has 7 heteroatoms. The van der Waals surface area contributed by atoms with E-state index >= 15 is 0 Å². The molecule has 0 spiro atoms. The van der Waals surface area contributed by atoms with E-state index in [1.807, 2.05) is 6.92 Å². The van der Waals surface area contributed by atoms with Gasteiger partial charge in [-0.2, -0.15) is 0 Å². The molecule has 2 aliphatic heterocycles. The monoisotopic (exact) mass is 484 g/mol. The summed E-state index contributed by atoms with van der Waals surface area (Å²) in [6.07, 6.45) is 3.14. The Morgan fingerprint density at radius 2 is 2.00 bits per heavy atom. The van der Waals surface area contributed by atoms with Crippen molar-refractivity contribution < 1.29 is 9.59 Å². The molecule has 1 atom stereocenters. The lowest BCUT2D eigenvalue weighted by atomic mass is 9.88. The standard InChI is InChI=1S/C28H28N4O2S/c1-17-16-29-26-25-21-5-6-22(31-23(21)7-8-24(25)35-27(26)28(34)30-17)20-4-2-3-19(15-20)18-9-11-32(12-10-18)13-14-33/h2-8,14-15,17-18,29H,9-13,16H2,1H3,(H,30,34)/t17-/m1/s1. The average molecular weight is 485 g/mol. The molecule has 0 bridgehead atoms. The molecule has 4 aromatic rings. The van der Waals surface area contributed by atoms with E-state index in [0.29, 0.717) is 19.0 Å². The first-order chi connectivity index (χ1) is 17.1. The van der Waals surface area contributed by atoms with Crippen LogP contribution in [0.2, 0.25) is 0 Å². The summed E-state index contributed by atoms with van der Waals surface area (Å²) in [5.41, 5.74) is 5.28. The molecule has 1 fully saturated rings. The highest BCUT2D eigenvalue weighted by Gasteiger charge is 2.25. The number of aromatic nitrogens is 1. The number of hydrogen-bond donors (Lipinski definition) is 2. The van der Waals surface area contributed by atoms with Crippen molar-refractivity contribution in [2.24, 2.45) is 0 Å². The average Bonchev–Trinajstić information content (AvgIpc) is 3.20. The molecule has 1 saturated heterocycles. The molecule has 2 aromatic carbocycles. The smallest absolute Gasteiger partial charge is 0.263 e. The summed E-state index contributed by atoms with van der Waals surface area (Å²) in [6.45, 7) is 5.18. The van der Waals surface area contributed by atoms with Crippen molar-refractivity contribution in [2.45, 2.75) is 31.7 Å². The number of hydrogen-bond acceptors (Lipinski definition) is 6. The number of nitrogens with one attached hydrogen (secondary N) is 2. The molecule has 0 aliphatic carbocycles. The van der Waals surface area contributed by atoms with Crippen LogP contribution in [-0.4, -0.2) is 54.3 Å². The van der Waals surface area contributed by atoms with Gasteiger partial charge in [0.05, 0.1) is 23.4 Å². The third-order valence-electron chi connectivity index (χ3n) is 7.26. The number of rotatable bonds is 4. The summed E-state index contributed by atoms with van der Waals surface area (Å²) in [7, 11) is 0. The molecule has 6 nitrogen and oxygen atoms in total. The zero-order chi connectivity index (χ0) is 23.9. The van der Waals surface area contributed by atoms with Gasteiger partial charge in [0.25, 0.3) is 5.91 Å². The van der Waals surface area contributed by atoms with Crippen molar-refractivity contribution in [2.75, 3.05) is 31.5 Å². The fourth-order valence-corrected chi connectivity index (χ4v) is 6.49. The van der Waals surface area contributed by atoms with Gasteiger partial charge in [0.1, 0.15) is 11.2 Å². The van der Waals surface area contributed by atoms with E-state index in [4.69, 9.17) is 4.98 Å². The number of pyridine rings is 1. The normalized spacial score (nSPS) is 19.2. The first-order valence-electron chi connectivity index (χ1n) is 12.3. The van der Waals surface area contributed by atoms with Crippen LogP contribution in [0.25, 0.3) is 32.2 Å². The highest BCUT2D eigenvalue weighted by Crippen LogP contribution is 2.41. The van der Waals surface area contributed by atoms with Gasteiger partial charge in [-0.3, -0.25) is 9.69 Å². The van der Waals surface area contributed by atoms with E-state index in [2.05, 4.69) is 64.1 Å². The third-order valence-corrected chi connectivity index (χ3v) is 8.42. The maximum Gasteiger partial charge on any atom is 0.263 e. The Balaban J connectivity index is 1.34. The Bertz CT molecular complexity index is 1440. The minimum Gasteiger partial charge on any atom is -0.381 e. The van der Waals surface area contributed by atoms with Crippen LogP contribution in [0, 0.1) is 0 Å². The van der Waals surface area contributed by atoms with Crippen LogP contribution in [0.1, 0.15) is 40.9 Å². The van der Waals surface area contributed by atoms with Crippen molar-refractivity contribution >= 4 is 50.2 Å². The molecule has 0 radical (unpaired) electrons. The summed E-state index contributed by atoms with van der Waals surface area (Å²) in [6, 6.07) is 17.2. The lowest BCUT2D eigenvalue weighted by Crippen LogP contribution is -2.34. The number of piperidine rings is 1. The second-order valence-corrected chi connectivity index (χ2v) is 10.7. The quantitative estimate of drug-likeness (QED) is 0.397. The molecule has 4 heterocycles. The highest BCUT2D eigenvalue weighted by molar-refractivity contribution is 7.21. The molecule has 178 valence electrons. The Hall–Kier alpha value is -3.29. The largest absolute Gasteiger partial charge is 0.381 e. The minimum absolute atomic E-state index is 0.00904. The number of fused-ring (bicyclic) bond motifs is 5. The van der Waals surface area contributed by atoms with Crippen molar-refractivity contribution in [3.8, 4) is 11.3 Å². The number of thiophene rings is 1. The van der Waals surface area contributed by atoms with Crippen LogP contribution in [0.4, 0.5) is 5.69 Å². The van der Waals surface area contributed by atoms with Crippen LogP contribution >= 0.6 is 11.3 Å². The molecule has 2 N–H and O–H groups in total. The van der Waals surface area contributed by atoms with Gasteiger partial charge in [-0.15, -0.1) is 11.3 Å². The maximum atomic E-state index is 12.7. The Kier molecular flexibility index (Phi) is 5.74. The number of likely N-dealkylation sites (tertiary alicyclic amines) is 1. The first kappa shape index (κ1) is 22.2. The van der Waals surface area contributed by atoms with E-state index in [0.717, 1.165) is 75.0 Å². The van der Waals surface area contributed by atoms with Crippen molar-refractivity contribution in [1.82, 2.24) is 15.2 Å². The summed E-state index contributed by atoms with van der Waals surface area (Å²) in [5, 5.41) is 8.70. The second kappa shape index (κ2) is 9.06. The Morgan fingerprint density at radius 3 is 2.83 bits per heavy atom. The van der Waals surface area contributed by atoms with Crippen molar-refractivity contribution in [1.29, 1.82) is 0 Å². The van der Waals surface area contributed by atoms with Crippen molar-refractivity contribution in [3.05, 3.63) is 59.0 Å². The van der Waals surface area contributed by atoms with Crippen LogP contribution < -0.4 is 10.6 Å². The van der Waals surface area contributed by atoms with Gasteiger partial charge in [0.15, 0.2) is 0 Å². The van der Waals surface area contributed by atoms with Crippen LogP contribution in [0.3, 0.4) is 0 Å². The van der Waals surface area contributed by atoms with E-state index in [9.17, 15) is 9.59 Å². The number of carbonyl (C=O) groups excluding carboxylic acids is 2. The van der Waals surface area contributed by atoms with E-state index < -0.39 is 0 Å². The zero-order valence-electron chi connectivity index (χ0n) is 19.7. The summed E-state index contributed by atoms with van der Waals surface area (Å²) in [4.78, 5) is 31.5. The van der Waals surface area contributed by atoms with Crippen molar-refractivity contribution in [3.63, 3.8) is 0 Å². The number of anilines is 1. The van der Waals surface area contributed by atoms with Gasteiger partial charge >= 0.3 is 0 Å². The topological polar surface area (TPSA) is 74.3 Å². The number of benzene rings is 2. The minimum atomic E-state index is -0.00904. The third kappa shape index (κ3) is 4.09. The number of nitrogens with zero attached hydrogens (tertiary/aromatic N) is 2. The fourth-order valence-electron chi connectivity index (χ4n) is 5.39. The fraction of sp³-hybridized carbons (Fsp3) is 0.321. The molecule has 0 saturated carbocycles. The van der Waals surface area contributed by atoms with Gasteiger partial charge in [-0.05, 0) is 74.7 Å². The van der Waals surface area contributed by atoms with Gasteiger partial charge in [0, 0.05) is 33.6 Å². The molecule has 35 heavy (non-hydrogen) atoms. The lowest BCUT2D eigenvalue weighted by molar-refractivity contribution is -0.109. The second-order valence-electron chi connectivity index (χ2n) is 9.63. The van der Waals surface area contributed by atoms with E-state index in [-0.39, 0.29) is 11.9 Å². The number of amides is 1. The van der Waals surface area contributed by atoms with Crippen LogP contribution in [-0.2, 0) is 4.79 Å². The Morgan fingerprint density at radius 1 is 1.14 bits per heavy atom. The summed E-state index contributed by atoms with van der Waals surface area (Å²) >= 11 is 1.53. The number of carbonyl (C=O) groups is 2. The molecule has 6 rings (SSSR count). The van der Waals surface area contributed by atoms with Gasteiger partial charge < -0.3 is 15.4 Å². The molecule has 2 aliphatic rings. The molecule has 0 unspecified atom stereocenters. The first-order valence-corrected chi connectivity index (χ1v) is 13.1. The molecule has 1 amide bonds. The maximum absolute atomic E-state index is 12.7. The van der Waals surface area contributed by atoms with Gasteiger partial charge in [-0.1, -0.05) is 18.2 Å². The van der Waals surface area contributed by atoms with Gasteiger partial charge in [0.2, 0.25) is 0 Å². The predicted octanol–water partition coefficient (Wildman–Crippen LogP) is 5.04. The molecular formula is C28H28N4O2S. The zero-order valence-corrected chi connectivity index (χ0v) is 20.5. The van der Waals surface area contributed by atoms with Gasteiger partial charge in [-0.25, -0.2) is 4.98 Å². The predicted molar refractivity (Wildman–Crippen MR) is 142 cm³/mol. The highest BCUT2D eigenvalue weighted by atomic mass is 32.1. The number of aldehydes is 1.